The maximum absolute atomic E-state index is 13.0. The number of H-pyrrole nitrogens is 1. The summed E-state index contributed by atoms with van der Waals surface area (Å²) in [7, 11) is 1.51. The number of rotatable bonds is 4. The number of amides is 2. The number of hydrogen-bond acceptors (Lipinski definition) is 6. The third kappa shape index (κ3) is 3.67. The van der Waals surface area contributed by atoms with Gasteiger partial charge in [0.15, 0.2) is 0 Å². The Labute approximate surface area is 167 Å². The third-order valence-electron chi connectivity index (χ3n) is 5.27. The van der Waals surface area contributed by atoms with E-state index in [0.717, 1.165) is 31.5 Å². The molecule has 0 radical (unpaired) electrons. The van der Waals surface area contributed by atoms with Gasteiger partial charge in [-0.1, -0.05) is 6.07 Å². The number of ether oxygens (including phenoxy) is 1. The number of fused-ring (bicyclic) bond motifs is 1. The van der Waals surface area contributed by atoms with Crippen molar-refractivity contribution in [2.75, 3.05) is 35.7 Å². The molecule has 2 aliphatic rings. The Kier molecular flexibility index (Phi) is 4.96. The number of nitrogens with zero attached hydrogens (tertiary/aromatic N) is 2. The summed E-state index contributed by atoms with van der Waals surface area (Å²) in [6.07, 6.45) is 1.92. The first kappa shape index (κ1) is 19.0. The maximum atomic E-state index is 13.0. The summed E-state index contributed by atoms with van der Waals surface area (Å²) in [5.41, 5.74) is 1.20. The van der Waals surface area contributed by atoms with Gasteiger partial charge in [-0.25, -0.2) is 0 Å². The van der Waals surface area contributed by atoms with E-state index < -0.39 is 17.4 Å². The molecule has 0 saturated carbocycles. The van der Waals surface area contributed by atoms with Crippen molar-refractivity contribution in [3.8, 4) is 5.75 Å². The Morgan fingerprint density at radius 1 is 1.28 bits per heavy atom. The molecule has 1 saturated heterocycles. The molecular formula is C20H23N5O4. The Morgan fingerprint density at radius 2 is 2.03 bits per heavy atom. The van der Waals surface area contributed by atoms with Crippen LogP contribution in [-0.2, 0) is 9.59 Å². The van der Waals surface area contributed by atoms with Gasteiger partial charge in [-0.3, -0.25) is 19.4 Å². The average Bonchev–Trinajstić information content (AvgIpc) is 3.22. The van der Waals surface area contributed by atoms with Crippen LogP contribution in [0.3, 0.4) is 0 Å². The molecule has 0 spiro atoms. The Balaban J connectivity index is 1.67. The molecule has 3 N–H and O–H groups in total. The zero-order chi connectivity index (χ0) is 20.5. The molecule has 1 fully saturated rings. The van der Waals surface area contributed by atoms with Crippen LogP contribution in [-0.4, -0.2) is 42.0 Å². The minimum atomic E-state index is -0.937. The summed E-state index contributed by atoms with van der Waals surface area (Å²) >= 11 is 0. The van der Waals surface area contributed by atoms with Crippen LogP contribution in [0.15, 0.2) is 23.0 Å². The van der Waals surface area contributed by atoms with E-state index in [0.29, 0.717) is 17.4 Å². The molecule has 152 valence electrons. The van der Waals surface area contributed by atoms with Crippen LogP contribution >= 0.6 is 0 Å². The normalized spacial score (nSPS) is 18.2. The lowest BCUT2D eigenvalue weighted by Gasteiger charge is -2.25. The smallest absolute Gasteiger partial charge is 0.258 e. The predicted octanol–water partition coefficient (Wildman–Crippen LogP) is 1.75. The molecule has 29 heavy (non-hydrogen) atoms. The molecule has 2 aromatic rings. The highest BCUT2D eigenvalue weighted by molar-refractivity contribution is 6.05. The molecule has 1 atom stereocenters. The second kappa shape index (κ2) is 7.57. The van der Waals surface area contributed by atoms with Gasteiger partial charge in [0.25, 0.3) is 5.56 Å². The molecule has 2 amide bonds. The van der Waals surface area contributed by atoms with Crippen molar-refractivity contribution in [2.24, 2.45) is 0 Å². The largest absolute Gasteiger partial charge is 0.495 e. The number of nitrogens with one attached hydrogen (secondary N) is 3. The molecule has 0 bridgehead atoms. The number of aromatic nitrogens is 2. The molecule has 1 aromatic heterocycles. The number of benzene rings is 1. The Morgan fingerprint density at radius 3 is 2.76 bits per heavy atom. The fourth-order valence-corrected chi connectivity index (χ4v) is 3.80. The van der Waals surface area contributed by atoms with Gasteiger partial charge in [-0.15, -0.1) is 0 Å². The second-order valence-corrected chi connectivity index (χ2v) is 7.34. The van der Waals surface area contributed by atoms with Gasteiger partial charge in [-0.05, 0) is 37.5 Å². The molecule has 9 heteroatoms. The van der Waals surface area contributed by atoms with E-state index >= 15 is 0 Å². The molecule has 0 unspecified atom stereocenters. The van der Waals surface area contributed by atoms with Crippen molar-refractivity contribution in [3.63, 3.8) is 0 Å². The first-order valence-electron chi connectivity index (χ1n) is 9.61. The highest BCUT2D eigenvalue weighted by atomic mass is 16.5. The van der Waals surface area contributed by atoms with E-state index in [9.17, 15) is 14.4 Å². The molecule has 9 nitrogen and oxygen atoms in total. The lowest BCUT2D eigenvalue weighted by atomic mass is 9.92. The first-order valence-corrected chi connectivity index (χ1v) is 9.61. The zero-order valence-electron chi connectivity index (χ0n) is 16.4. The maximum Gasteiger partial charge on any atom is 0.258 e. The highest BCUT2D eigenvalue weighted by Crippen LogP contribution is 2.32. The van der Waals surface area contributed by atoms with Crippen LogP contribution in [0.25, 0.3) is 0 Å². The fourth-order valence-electron chi connectivity index (χ4n) is 3.80. The number of carbonyl (C=O) groups is 2. The third-order valence-corrected chi connectivity index (χ3v) is 5.27. The van der Waals surface area contributed by atoms with E-state index in [2.05, 4.69) is 20.6 Å². The minimum Gasteiger partial charge on any atom is -0.495 e. The lowest BCUT2D eigenvalue weighted by Crippen LogP contribution is -2.37. The Hall–Kier alpha value is -3.36. The van der Waals surface area contributed by atoms with Gasteiger partial charge >= 0.3 is 0 Å². The van der Waals surface area contributed by atoms with Crippen LogP contribution in [0.4, 0.5) is 17.5 Å². The summed E-state index contributed by atoms with van der Waals surface area (Å²) in [4.78, 5) is 47.2. The van der Waals surface area contributed by atoms with Crippen molar-refractivity contribution in [1.29, 1.82) is 0 Å². The van der Waals surface area contributed by atoms with Crippen molar-refractivity contribution < 1.29 is 14.3 Å². The summed E-state index contributed by atoms with van der Waals surface area (Å²) in [6.45, 7) is 3.49. The number of methoxy groups -OCH3 is 1. The Bertz CT molecular complexity index is 1030. The van der Waals surface area contributed by atoms with Gasteiger partial charge in [0.05, 0.1) is 24.3 Å². The molecule has 3 heterocycles. The van der Waals surface area contributed by atoms with Gasteiger partial charge < -0.3 is 20.3 Å². The van der Waals surface area contributed by atoms with Crippen molar-refractivity contribution >= 4 is 29.3 Å². The monoisotopic (exact) mass is 397 g/mol. The van der Waals surface area contributed by atoms with Crippen LogP contribution < -0.4 is 25.8 Å². The molecule has 4 rings (SSSR count). The van der Waals surface area contributed by atoms with Gasteiger partial charge in [0, 0.05) is 19.5 Å². The van der Waals surface area contributed by atoms with Gasteiger partial charge in [0.2, 0.25) is 17.8 Å². The molecule has 1 aromatic carbocycles. The number of aryl methyl sites for hydroxylation is 1. The van der Waals surface area contributed by atoms with E-state index in [1.54, 1.807) is 12.1 Å². The van der Waals surface area contributed by atoms with Gasteiger partial charge in [0.1, 0.15) is 11.6 Å². The van der Waals surface area contributed by atoms with Crippen molar-refractivity contribution in [3.05, 3.63) is 39.7 Å². The molecule has 2 aliphatic heterocycles. The number of anilines is 3. The molecular weight excluding hydrogens is 374 g/mol. The van der Waals surface area contributed by atoms with Crippen molar-refractivity contribution in [2.45, 2.75) is 32.1 Å². The number of hydrogen-bond donors (Lipinski definition) is 3. The summed E-state index contributed by atoms with van der Waals surface area (Å²) in [6, 6.07) is 5.40. The number of aromatic amines is 1. The lowest BCUT2D eigenvalue weighted by molar-refractivity contribution is -0.123. The topological polar surface area (TPSA) is 116 Å². The van der Waals surface area contributed by atoms with Crippen LogP contribution in [0.1, 0.15) is 36.3 Å². The van der Waals surface area contributed by atoms with Crippen LogP contribution in [0, 0.1) is 6.92 Å². The molecule has 0 aliphatic carbocycles. The van der Waals surface area contributed by atoms with Crippen molar-refractivity contribution in [1.82, 2.24) is 9.97 Å². The van der Waals surface area contributed by atoms with E-state index in [4.69, 9.17) is 4.74 Å². The first-order chi connectivity index (χ1) is 14.0. The average molecular weight is 397 g/mol. The SMILES string of the molecule is COc1ccc(C)cc1NC(=O)[C@H]1CC(=O)Nc2nc(N3CCCC3)[nH]c(=O)c21. The fraction of sp³-hybridized carbons (Fsp3) is 0.400. The van der Waals surface area contributed by atoms with E-state index in [1.807, 2.05) is 17.9 Å². The zero-order valence-corrected chi connectivity index (χ0v) is 16.4. The highest BCUT2D eigenvalue weighted by Gasteiger charge is 2.35. The quantitative estimate of drug-likeness (QED) is 0.724. The van der Waals surface area contributed by atoms with E-state index in [1.165, 1.54) is 7.11 Å². The van der Waals surface area contributed by atoms with E-state index in [-0.39, 0.29) is 23.7 Å². The summed E-state index contributed by atoms with van der Waals surface area (Å²) < 4.78 is 5.30. The minimum absolute atomic E-state index is 0.124. The standard InChI is InChI=1S/C20H23N5O4/c1-11-5-6-14(29-2)13(9-11)21-18(27)12-10-15(26)22-17-16(12)19(28)24-20(23-17)25-7-3-4-8-25/h5-6,9,12H,3-4,7-8,10H2,1-2H3,(H,21,27)(H2,22,23,24,26,28)/t12-/m0/s1. The van der Waals surface area contributed by atoms with Gasteiger partial charge in [-0.2, -0.15) is 4.98 Å². The summed E-state index contributed by atoms with van der Waals surface area (Å²) in [5, 5.41) is 5.44. The summed E-state index contributed by atoms with van der Waals surface area (Å²) in [5.74, 6) is -0.657. The second-order valence-electron chi connectivity index (χ2n) is 7.34. The van der Waals surface area contributed by atoms with Crippen LogP contribution in [0.2, 0.25) is 0 Å². The number of carbonyl (C=O) groups excluding carboxylic acids is 2. The predicted molar refractivity (Wildman–Crippen MR) is 109 cm³/mol. The van der Waals surface area contributed by atoms with Crippen LogP contribution in [0.5, 0.6) is 5.75 Å².